The summed E-state index contributed by atoms with van der Waals surface area (Å²) in [7, 11) is 0. The molecule has 0 fully saturated rings. The zero-order valence-electron chi connectivity index (χ0n) is 14.7. The zero-order chi connectivity index (χ0) is 17.1. The first-order valence-corrected chi connectivity index (χ1v) is 12.2. The summed E-state index contributed by atoms with van der Waals surface area (Å²) in [6.07, 6.45) is 13.8. The summed E-state index contributed by atoms with van der Waals surface area (Å²) in [4.78, 5) is 0. The molecule has 3 rings (SSSR count). The molecule has 0 heterocycles. The van der Waals surface area contributed by atoms with E-state index >= 15 is 0 Å². The van der Waals surface area contributed by atoms with Gasteiger partial charge in [0.2, 0.25) is 0 Å². The second kappa shape index (κ2) is 11.6. The summed E-state index contributed by atoms with van der Waals surface area (Å²) < 4.78 is 0. The minimum atomic E-state index is 0.556. The molecule has 0 saturated carbocycles. The number of hydrogen-bond acceptors (Lipinski definition) is 0. The van der Waals surface area contributed by atoms with Crippen molar-refractivity contribution in [2.45, 2.75) is 40.2 Å². The molecule has 0 aromatic heterocycles. The summed E-state index contributed by atoms with van der Waals surface area (Å²) >= 11 is 2.28. The molecule has 1 atom stereocenters. The second-order valence-electron chi connectivity index (χ2n) is 5.93. The Balaban J connectivity index is 0.000000175. The first-order chi connectivity index (χ1) is 11.0. The van der Waals surface area contributed by atoms with Crippen molar-refractivity contribution in [1.29, 1.82) is 0 Å². The Kier molecular flexibility index (Phi) is 10.2. The van der Waals surface area contributed by atoms with Crippen LogP contribution >= 0.6 is 0 Å². The predicted molar refractivity (Wildman–Crippen MR) is 98.8 cm³/mol. The summed E-state index contributed by atoms with van der Waals surface area (Å²) in [5.41, 5.74) is 5.54. The molecular formula is C21H26SiTi. The average molecular weight is 354 g/mol. The third-order valence-corrected chi connectivity index (χ3v) is 5.01. The van der Waals surface area contributed by atoms with Gasteiger partial charge in [0.15, 0.2) is 0 Å². The molecule has 0 nitrogen and oxygen atoms in total. The maximum atomic E-state index is 3.19. The summed E-state index contributed by atoms with van der Waals surface area (Å²) in [5.74, 6) is 0.556. The Hall–Kier alpha value is -0.889. The van der Waals surface area contributed by atoms with Gasteiger partial charge < -0.3 is 0 Å². The van der Waals surface area contributed by atoms with Crippen LogP contribution in [0.15, 0.2) is 65.3 Å². The van der Waals surface area contributed by atoms with E-state index in [1.165, 1.54) is 28.3 Å². The topological polar surface area (TPSA) is 0 Å². The number of hydrogen-bond donors (Lipinski definition) is 0. The number of allylic oxidation sites excluding steroid dienone is 8. The average Bonchev–Trinajstić information content (AvgIpc) is 3.09. The molecule has 1 aromatic rings. The molecular weight excluding hydrogens is 328 g/mol. The normalized spacial score (nSPS) is 18.0. The molecule has 0 amide bonds. The van der Waals surface area contributed by atoms with Crippen molar-refractivity contribution in [1.82, 2.24) is 0 Å². The van der Waals surface area contributed by atoms with Crippen molar-refractivity contribution in [2.75, 3.05) is 0 Å². The molecule has 0 bridgehead atoms. The molecule has 1 unspecified atom stereocenters. The van der Waals surface area contributed by atoms with E-state index in [0.29, 0.717) is 12.8 Å². The van der Waals surface area contributed by atoms with Crippen molar-refractivity contribution in [3.63, 3.8) is 0 Å². The molecule has 2 aliphatic rings. The quantitative estimate of drug-likeness (QED) is 0.511. The maximum absolute atomic E-state index is 3.19. The van der Waals surface area contributed by atoms with Crippen LogP contribution in [0.4, 0.5) is 0 Å². The van der Waals surface area contributed by atoms with Crippen LogP contribution in [0.3, 0.4) is 0 Å². The van der Waals surface area contributed by atoms with Crippen LogP contribution in [0.25, 0.3) is 0 Å². The first-order valence-electron chi connectivity index (χ1n) is 8.06. The van der Waals surface area contributed by atoms with Crippen LogP contribution in [-0.2, 0) is 25.2 Å². The first kappa shape index (κ1) is 20.2. The number of rotatable bonds is 2. The third-order valence-electron chi connectivity index (χ3n) is 3.38. The molecule has 0 radical (unpaired) electrons. The standard InChI is InChI=1S/C7H8Si.2C7H9.Ti/c8-6-7-4-2-1-3-5-7;2*1-6-3-4-7(2)5-6;/h1-5,8H,6H2;5H,3H2,1-2H3;3,5,7H,1-2H3;/q;2*-1;+2. The molecule has 0 aliphatic heterocycles. The second-order valence-corrected chi connectivity index (χ2v) is 8.66. The van der Waals surface area contributed by atoms with Crippen molar-refractivity contribution < 1.29 is 19.2 Å². The fourth-order valence-electron chi connectivity index (χ4n) is 2.24. The summed E-state index contributed by atoms with van der Waals surface area (Å²) in [6, 6.07) is 11.9. The Morgan fingerprint density at radius 1 is 1.17 bits per heavy atom. The van der Waals surface area contributed by atoms with Gasteiger partial charge in [-0.1, -0.05) is 26.7 Å². The van der Waals surface area contributed by atoms with E-state index in [4.69, 9.17) is 0 Å². The van der Waals surface area contributed by atoms with Gasteiger partial charge in [-0.3, -0.25) is 12.2 Å². The number of benzene rings is 1. The van der Waals surface area contributed by atoms with Gasteiger partial charge in [-0.2, -0.15) is 11.6 Å². The van der Waals surface area contributed by atoms with E-state index in [1.54, 1.807) is 0 Å². The minimum absolute atomic E-state index is 0.556. The monoisotopic (exact) mass is 354 g/mol. The van der Waals surface area contributed by atoms with Crippen LogP contribution < -0.4 is 0 Å². The van der Waals surface area contributed by atoms with E-state index < -0.39 is 0 Å². The van der Waals surface area contributed by atoms with Gasteiger partial charge in [0, 0.05) is 0 Å². The fourth-order valence-corrected chi connectivity index (χ4v) is 3.85. The molecule has 1 aromatic carbocycles. The third kappa shape index (κ3) is 9.76. The van der Waals surface area contributed by atoms with E-state index in [0.717, 1.165) is 6.42 Å². The van der Waals surface area contributed by atoms with E-state index in [-0.39, 0.29) is 0 Å². The molecule has 2 heteroatoms. The Bertz CT molecular complexity index is 606. The van der Waals surface area contributed by atoms with Gasteiger partial charge in [-0.15, -0.1) is 13.3 Å². The molecule has 23 heavy (non-hydrogen) atoms. The van der Waals surface area contributed by atoms with Gasteiger partial charge in [0.25, 0.3) is 0 Å². The molecule has 0 N–H and O–H groups in total. The van der Waals surface area contributed by atoms with Crippen LogP contribution in [-0.4, -0.2) is 6.91 Å². The Labute approximate surface area is 154 Å². The summed E-state index contributed by atoms with van der Waals surface area (Å²) in [6.45, 7) is 9.06. The molecule has 0 spiro atoms. The van der Waals surface area contributed by atoms with Crippen LogP contribution in [0.5, 0.6) is 0 Å². The van der Waals surface area contributed by atoms with Gasteiger partial charge in [-0.25, -0.2) is 23.3 Å². The van der Waals surface area contributed by atoms with Gasteiger partial charge in [0.1, 0.15) is 0 Å². The van der Waals surface area contributed by atoms with Crippen molar-refractivity contribution in [2.24, 2.45) is 5.92 Å². The fraction of sp³-hybridized carbons (Fsp3) is 0.333. The SMILES string of the molecule is CC1=CC(C)[C-]=C1.CC1=[C-]CC(C)=C1.[Ti+2]=[SiH]Cc1ccccc1. The van der Waals surface area contributed by atoms with Crippen molar-refractivity contribution in [3.8, 4) is 0 Å². The zero-order valence-corrected chi connectivity index (χ0v) is 17.4. The van der Waals surface area contributed by atoms with Crippen LogP contribution in [0, 0.1) is 18.1 Å². The molecule has 2 aliphatic carbocycles. The summed E-state index contributed by atoms with van der Waals surface area (Å²) in [5, 5.41) is 0. The van der Waals surface area contributed by atoms with Gasteiger partial charge in [0.05, 0.1) is 0 Å². The van der Waals surface area contributed by atoms with E-state index in [1.807, 2.05) is 6.08 Å². The van der Waals surface area contributed by atoms with Gasteiger partial charge >= 0.3 is 68.0 Å². The predicted octanol–water partition coefficient (Wildman–Crippen LogP) is 5.11. The Morgan fingerprint density at radius 3 is 2.17 bits per heavy atom. The molecule has 0 saturated heterocycles. The Morgan fingerprint density at radius 2 is 1.87 bits per heavy atom. The van der Waals surface area contributed by atoms with E-state index in [2.05, 4.69) is 102 Å². The van der Waals surface area contributed by atoms with Crippen molar-refractivity contribution in [3.05, 3.63) is 83.0 Å². The van der Waals surface area contributed by atoms with Gasteiger partial charge in [-0.05, 0) is 0 Å². The molecule has 118 valence electrons. The van der Waals surface area contributed by atoms with Crippen LogP contribution in [0.2, 0.25) is 0 Å². The van der Waals surface area contributed by atoms with Crippen molar-refractivity contribution >= 4 is 6.91 Å². The van der Waals surface area contributed by atoms with Crippen LogP contribution in [0.1, 0.15) is 39.7 Å². The van der Waals surface area contributed by atoms with E-state index in [9.17, 15) is 0 Å².